The number of sulfonamides is 1. The fraction of sp³-hybridized carbons (Fsp3) is 0.394. The monoisotopic (exact) mass is 593 g/mol. The van der Waals surface area contributed by atoms with Gasteiger partial charge >= 0.3 is 0 Å². The lowest BCUT2D eigenvalue weighted by molar-refractivity contribution is -0.141. The quantitative estimate of drug-likeness (QED) is 0.233. The number of ether oxygens (including phenoxy) is 1. The van der Waals surface area contributed by atoms with Crippen molar-refractivity contribution in [1.82, 2.24) is 10.2 Å². The maximum absolute atomic E-state index is 13.9. The van der Waals surface area contributed by atoms with E-state index >= 15 is 0 Å². The average Bonchev–Trinajstić information content (AvgIpc) is 2.98. The molecule has 226 valence electrons. The van der Waals surface area contributed by atoms with Crippen molar-refractivity contribution < 1.29 is 22.7 Å². The first-order valence-electron chi connectivity index (χ1n) is 14.4. The molecular weight excluding hydrogens is 550 g/mol. The summed E-state index contributed by atoms with van der Waals surface area (Å²) in [5.41, 5.74) is 3.45. The molecule has 0 fully saturated rings. The molecular formula is C33H43N3O5S. The zero-order chi connectivity index (χ0) is 30.5. The van der Waals surface area contributed by atoms with Crippen molar-refractivity contribution in [3.8, 4) is 5.75 Å². The third-order valence-corrected chi connectivity index (χ3v) is 8.41. The molecule has 1 atom stereocenters. The topological polar surface area (TPSA) is 96.0 Å². The molecule has 0 spiro atoms. The fourth-order valence-electron chi connectivity index (χ4n) is 4.78. The minimum atomic E-state index is -3.59. The molecule has 0 aliphatic rings. The van der Waals surface area contributed by atoms with E-state index < -0.39 is 16.1 Å². The lowest BCUT2D eigenvalue weighted by atomic mass is 10.0. The molecule has 8 nitrogen and oxygen atoms in total. The van der Waals surface area contributed by atoms with Crippen LogP contribution in [0.15, 0.2) is 78.9 Å². The maximum atomic E-state index is 13.9. The molecule has 0 bridgehead atoms. The number of anilines is 1. The normalized spacial score (nSPS) is 11.9. The Morgan fingerprint density at radius 3 is 2.21 bits per heavy atom. The van der Waals surface area contributed by atoms with E-state index in [1.165, 1.54) is 4.31 Å². The zero-order valence-corrected chi connectivity index (χ0v) is 25.9. The van der Waals surface area contributed by atoms with Gasteiger partial charge in [0, 0.05) is 32.5 Å². The molecule has 0 unspecified atom stereocenters. The molecule has 3 aromatic rings. The minimum absolute atomic E-state index is 0.0849. The summed E-state index contributed by atoms with van der Waals surface area (Å²) >= 11 is 0. The number of nitrogens with zero attached hydrogens (tertiary/aromatic N) is 2. The summed E-state index contributed by atoms with van der Waals surface area (Å²) in [5.74, 6) is 0.231. The van der Waals surface area contributed by atoms with Gasteiger partial charge in [-0.2, -0.15) is 0 Å². The van der Waals surface area contributed by atoms with Gasteiger partial charge in [-0.05, 0) is 60.7 Å². The Balaban J connectivity index is 1.87. The lowest BCUT2D eigenvalue weighted by Gasteiger charge is -2.32. The smallest absolute Gasteiger partial charge is 0.243 e. The van der Waals surface area contributed by atoms with Gasteiger partial charge in [0.25, 0.3) is 0 Å². The van der Waals surface area contributed by atoms with Crippen LogP contribution in [0.1, 0.15) is 49.3 Å². The summed E-state index contributed by atoms with van der Waals surface area (Å²) in [7, 11) is -2.04. The highest BCUT2D eigenvalue weighted by molar-refractivity contribution is 7.92. The van der Waals surface area contributed by atoms with Crippen LogP contribution >= 0.6 is 0 Å². The molecule has 0 heterocycles. The summed E-state index contributed by atoms with van der Waals surface area (Å²) in [6.07, 6.45) is 3.69. The van der Waals surface area contributed by atoms with Crippen molar-refractivity contribution in [3.05, 3.63) is 95.6 Å². The number of rotatable bonds is 16. The van der Waals surface area contributed by atoms with Crippen LogP contribution in [0, 0.1) is 6.92 Å². The van der Waals surface area contributed by atoms with Gasteiger partial charge in [0.15, 0.2) is 0 Å². The van der Waals surface area contributed by atoms with E-state index in [1.54, 1.807) is 36.3 Å². The van der Waals surface area contributed by atoms with E-state index in [4.69, 9.17) is 4.74 Å². The first kappa shape index (κ1) is 32.7. The Labute approximate surface area is 250 Å². The van der Waals surface area contributed by atoms with Crippen LogP contribution in [0.25, 0.3) is 0 Å². The highest BCUT2D eigenvalue weighted by Crippen LogP contribution is 2.23. The number of carbonyl (C=O) groups excluding carboxylic acids is 2. The van der Waals surface area contributed by atoms with Crippen molar-refractivity contribution >= 4 is 27.5 Å². The van der Waals surface area contributed by atoms with Crippen molar-refractivity contribution in [2.75, 3.05) is 30.8 Å². The van der Waals surface area contributed by atoms with Gasteiger partial charge in [0.2, 0.25) is 21.8 Å². The van der Waals surface area contributed by atoms with Crippen LogP contribution in [-0.2, 0) is 32.6 Å². The van der Waals surface area contributed by atoms with Gasteiger partial charge in [0.1, 0.15) is 11.8 Å². The second-order valence-corrected chi connectivity index (χ2v) is 12.3. The first-order valence-corrected chi connectivity index (χ1v) is 16.3. The first-order chi connectivity index (χ1) is 20.1. The summed E-state index contributed by atoms with van der Waals surface area (Å²) < 4.78 is 31.8. The Bertz CT molecular complexity index is 1390. The second kappa shape index (κ2) is 16.0. The number of hydrogen-bond acceptors (Lipinski definition) is 5. The fourth-order valence-corrected chi connectivity index (χ4v) is 5.75. The number of nitrogens with one attached hydrogen (secondary N) is 1. The largest absolute Gasteiger partial charge is 0.497 e. The number of methoxy groups -OCH3 is 1. The van der Waals surface area contributed by atoms with Crippen LogP contribution in [0.4, 0.5) is 5.69 Å². The molecule has 3 rings (SSSR count). The van der Waals surface area contributed by atoms with Crippen LogP contribution < -0.4 is 14.4 Å². The van der Waals surface area contributed by atoms with Gasteiger partial charge in [-0.15, -0.1) is 0 Å². The summed E-state index contributed by atoms with van der Waals surface area (Å²) in [4.78, 5) is 29.2. The van der Waals surface area contributed by atoms with Crippen molar-refractivity contribution in [1.29, 1.82) is 0 Å². The SMILES string of the molecule is CCCCNC(=O)[C@@H](Cc1ccccc1)N(Cc1ccccc1C)C(=O)CCCN(c1ccc(OC)cc1)S(C)(=O)=O. The van der Waals surface area contributed by atoms with Crippen LogP contribution in [-0.4, -0.2) is 57.6 Å². The van der Waals surface area contributed by atoms with Gasteiger partial charge < -0.3 is 15.0 Å². The van der Waals surface area contributed by atoms with E-state index in [0.717, 1.165) is 35.8 Å². The van der Waals surface area contributed by atoms with E-state index in [9.17, 15) is 18.0 Å². The number of hydrogen-bond donors (Lipinski definition) is 1. The predicted molar refractivity (Wildman–Crippen MR) is 168 cm³/mol. The molecule has 0 radical (unpaired) electrons. The lowest BCUT2D eigenvalue weighted by Crippen LogP contribution is -2.50. The molecule has 0 aliphatic carbocycles. The number of unbranched alkanes of at least 4 members (excludes halogenated alkanes) is 1. The van der Waals surface area contributed by atoms with Crippen molar-refractivity contribution in [2.45, 2.75) is 58.5 Å². The maximum Gasteiger partial charge on any atom is 0.243 e. The van der Waals surface area contributed by atoms with Gasteiger partial charge in [-0.3, -0.25) is 13.9 Å². The number of aryl methyl sites for hydroxylation is 1. The summed E-state index contributed by atoms with van der Waals surface area (Å²) in [6.45, 7) is 5.00. The van der Waals surface area contributed by atoms with Gasteiger partial charge in [-0.1, -0.05) is 67.9 Å². The Morgan fingerprint density at radius 1 is 0.929 bits per heavy atom. The molecule has 0 aromatic heterocycles. The van der Waals surface area contributed by atoms with Gasteiger partial charge in [0.05, 0.1) is 19.1 Å². The van der Waals surface area contributed by atoms with Crippen LogP contribution in [0.3, 0.4) is 0 Å². The van der Waals surface area contributed by atoms with E-state index in [0.29, 0.717) is 24.4 Å². The minimum Gasteiger partial charge on any atom is -0.497 e. The number of amides is 2. The summed E-state index contributed by atoms with van der Waals surface area (Å²) in [6, 6.07) is 23.6. The van der Waals surface area contributed by atoms with E-state index in [-0.39, 0.29) is 37.7 Å². The molecule has 0 aliphatic heterocycles. The predicted octanol–water partition coefficient (Wildman–Crippen LogP) is 5.11. The van der Waals surface area contributed by atoms with Crippen LogP contribution in [0.5, 0.6) is 5.75 Å². The summed E-state index contributed by atoms with van der Waals surface area (Å²) in [5, 5.41) is 3.03. The third kappa shape index (κ3) is 9.62. The van der Waals surface area contributed by atoms with Crippen molar-refractivity contribution in [3.63, 3.8) is 0 Å². The molecule has 0 saturated carbocycles. The zero-order valence-electron chi connectivity index (χ0n) is 25.1. The Morgan fingerprint density at radius 2 is 1.60 bits per heavy atom. The molecule has 0 saturated heterocycles. The second-order valence-electron chi connectivity index (χ2n) is 10.4. The van der Waals surface area contributed by atoms with Crippen LogP contribution in [0.2, 0.25) is 0 Å². The van der Waals surface area contributed by atoms with E-state index in [2.05, 4.69) is 12.2 Å². The number of benzene rings is 3. The molecule has 3 aromatic carbocycles. The highest BCUT2D eigenvalue weighted by atomic mass is 32.2. The Hall–Kier alpha value is -3.85. The number of carbonyl (C=O) groups is 2. The highest BCUT2D eigenvalue weighted by Gasteiger charge is 2.30. The molecule has 9 heteroatoms. The standard InChI is InChI=1S/C33H43N3O5S/c1-5-6-22-34-33(38)31(24-27-14-8-7-9-15-27)35(25-28-16-11-10-13-26(28)2)32(37)17-12-23-36(42(4,39)40)29-18-20-30(41-3)21-19-29/h7-11,13-16,18-21,31H,5-6,12,17,22-25H2,1-4H3,(H,34,38)/t31-/m1/s1. The molecule has 1 N–H and O–H groups in total. The van der Waals surface area contributed by atoms with Gasteiger partial charge in [-0.25, -0.2) is 8.42 Å². The average molecular weight is 594 g/mol. The third-order valence-electron chi connectivity index (χ3n) is 7.22. The molecule has 42 heavy (non-hydrogen) atoms. The Kier molecular flexibility index (Phi) is 12.4. The van der Waals surface area contributed by atoms with E-state index in [1.807, 2.05) is 61.5 Å². The molecule has 2 amide bonds. The van der Waals surface area contributed by atoms with Crippen molar-refractivity contribution in [2.24, 2.45) is 0 Å².